The molecule has 0 bridgehead atoms. The fourth-order valence-corrected chi connectivity index (χ4v) is 2.40. The number of Topliss-reactive ketones (excluding diaryl/α,β-unsaturated/α-hetero) is 1. The van der Waals surface area contributed by atoms with Crippen molar-refractivity contribution < 1.29 is 9.59 Å². The van der Waals surface area contributed by atoms with Crippen molar-refractivity contribution in [2.75, 3.05) is 6.54 Å². The molecule has 1 N–H and O–H groups in total. The van der Waals surface area contributed by atoms with Gasteiger partial charge in [-0.3, -0.25) is 9.59 Å². The molecule has 0 saturated carbocycles. The van der Waals surface area contributed by atoms with E-state index >= 15 is 0 Å². The highest BCUT2D eigenvalue weighted by Crippen LogP contribution is 2.26. The van der Waals surface area contributed by atoms with Crippen LogP contribution in [0.3, 0.4) is 0 Å². The second kappa shape index (κ2) is 7.76. The van der Waals surface area contributed by atoms with Crippen molar-refractivity contribution >= 4 is 23.3 Å². The Morgan fingerprint density at radius 1 is 1.00 bits per heavy atom. The molecule has 0 heterocycles. The van der Waals surface area contributed by atoms with Crippen LogP contribution >= 0.6 is 11.6 Å². The summed E-state index contributed by atoms with van der Waals surface area (Å²) in [6.07, 6.45) is 0.837. The standard InChI is InChI=1S/C18H18ClNO2/c1-2-12-20-18(22)15-11-7-6-10-14(15)17(21)16(19)13-8-4-3-5-9-13/h3-11,16H,2,12H2,1H3,(H,20,22). The average molecular weight is 316 g/mol. The van der Waals surface area contributed by atoms with Gasteiger partial charge in [0.1, 0.15) is 5.38 Å². The molecule has 0 aliphatic heterocycles. The van der Waals surface area contributed by atoms with Crippen LogP contribution in [-0.4, -0.2) is 18.2 Å². The number of rotatable bonds is 6. The maximum atomic E-state index is 12.6. The molecule has 22 heavy (non-hydrogen) atoms. The number of hydrogen-bond acceptors (Lipinski definition) is 2. The van der Waals surface area contributed by atoms with Crippen LogP contribution in [0, 0.1) is 0 Å². The summed E-state index contributed by atoms with van der Waals surface area (Å²) < 4.78 is 0. The molecule has 1 atom stereocenters. The lowest BCUT2D eigenvalue weighted by atomic mass is 9.97. The Hall–Kier alpha value is -2.13. The molecule has 0 fully saturated rings. The van der Waals surface area contributed by atoms with E-state index in [1.54, 1.807) is 36.4 Å². The maximum Gasteiger partial charge on any atom is 0.252 e. The van der Waals surface area contributed by atoms with E-state index in [9.17, 15) is 9.59 Å². The fraction of sp³-hybridized carbons (Fsp3) is 0.222. The first-order valence-corrected chi connectivity index (χ1v) is 7.69. The molecule has 1 unspecified atom stereocenters. The van der Waals surface area contributed by atoms with Gasteiger partial charge in [-0.05, 0) is 18.1 Å². The highest BCUT2D eigenvalue weighted by atomic mass is 35.5. The molecule has 2 aromatic carbocycles. The summed E-state index contributed by atoms with van der Waals surface area (Å²) in [7, 11) is 0. The molecule has 1 amide bonds. The molecule has 0 aromatic heterocycles. The number of carbonyl (C=O) groups is 2. The van der Waals surface area contributed by atoms with Crippen molar-refractivity contribution in [3.8, 4) is 0 Å². The molecule has 2 rings (SSSR count). The van der Waals surface area contributed by atoms with Crippen LogP contribution in [0.4, 0.5) is 0 Å². The van der Waals surface area contributed by atoms with Crippen LogP contribution in [0.1, 0.15) is 45.0 Å². The van der Waals surface area contributed by atoms with Gasteiger partial charge in [0.05, 0.1) is 5.56 Å². The highest BCUT2D eigenvalue weighted by molar-refractivity contribution is 6.34. The summed E-state index contributed by atoms with van der Waals surface area (Å²) in [5.41, 5.74) is 1.43. The molecule has 0 aliphatic rings. The van der Waals surface area contributed by atoms with Gasteiger partial charge in [0.15, 0.2) is 5.78 Å². The number of carbonyl (C=O) groups excluding carboxylic acids is 2. The van der Waals surface area contributed by atoms with Crippen LogP contribution in [0.25, 0.3) is 0 Å². The van der Waals surface area contributed by atoms with Gasteiger partial charge >= 0.3 is 0 Å². The van der Waals surface area contributed by atoms with Crippen LogP contribution in [0.2, 0.25) is 0 Å². The van der Waals surface area contributed by atoms with Crippen LogP contribution in [0.5, 0.6) is 0 Å². The number of hydrogen-bond donors (Lipinski definition) is 1. The molecule has 114 valence electrons. The van der Waals surface area contributed by atoms with Crippen LogP contribution in [0.15, 0.2) is 54.6 Å². The summed E-state index contributed by atoms with van der Waals surface area (Å²) in [6, 6.07) is 15.9. The maximum absolute atomic E-state index is 12.6. The number of amides is 1. The third-order valence-electron chi connectivity index (χ3n) is 3.30. The number of alkyl halides is 1. The van der Waals surface area contributed by atoms with E-state index in [1.807, 2.05) is 25.1 Å². The second-order valence-electron chi connectivity index (χ2n) is 4.94. The van der Waals surface area contributed by atoms with E-state index in [0.29, 0.717) is 17.7 Å². The summed E-state index contributed by atoms with van der Waals surface area (Å²) in [5.74, 6) is -0.516. The molecule has 2 aromatic rings. The first kappa shape index (κ1) is 16.2. The van der Waals surface area contributed by atoms with Gasteiger partial charge in [0.2, 0.25) is 0 Å². The molecule has 0 radical (unpaired) electrons. The van der Waals surface area contributed by atoms with Crippen LogP contribution in [-0.2, 0) is 0 Å². The van der Waals surface area contributed by atoms with E-state index in [0.717, 1.165) is 12.0 Å². The Labute approximate surface area is 135 Å². The molecule has 4 heteroatoms. The number of nitrogens with one attached hydrogen (secondary N) is 1. The van der Waals surface area contributed by atoms with E-state index in [1.165, 1.54) is 0 Å². The van der Waals surface area contributed by atoms with Crippen molar-refractivity contribution in [3.63, 3.8) is 0 Å². The zero-order chi connectivity index (χ0) is 15.9. The van der Waals surface area contributed by atoms with Crippen molar-refractivity contribution in [2.24, 2.45) is 0 Å². The highest BCUT2D eigenvalue weighted by Gasteiger charge is 2.23. The monoisotopic (exact) mass is 315 g/mol. The largest absolute Gasteiger partial charge is 0.352 e. The number of ketones is 1. The fourth-order valence-electron chi connectivity index (χ4n) is 2.14. The lowest BCUT2D eigenvalue weighted by Crippen LogP contribution is -2.26. The van der Waals surface area contributed by atoms with E-state index in [4.69, 9.17) is 11.6 Å². The van der Waals surface area contributed by atoms with Gasteiger partial charge in [0.25, 0.3) is 5.91 Å². The van der Waals surface area contributed by atoms with E-state index in [-0.39, 0.29) is 11.7 Å². The number of halogens is 1. The minimum Gasteiger partial charge on any atom is -0.352 e. The predicted octanol–water partition coefficient (Wildman–Crippen LogP) is 3.99. The molecule has 0 spiro atoms. The summed E-state index contributed by atoms with van der Waals surface area (Å²) in [5, 5.41) is 1.98. The lowest BCUT2D eigenvalue weighted by Gasteiger charge is -2.12. The van der Waals surface area contributed by atoms with Gasteiger partial charge in [-0.15, -0.1) is 11.6 Å². The third-order valence-corrected chi connectivity index (χ3v) is 3.75. The molecule has 0 aliphatic carbocycles. The van der Waals surface area contributed by atoms with Crippen molar-refractivity contribution in [3.05, 3.63) is 71.3 Å². The Kier molecular flexibility index (Phi) is 5.73. The quantitative estimate of drug-likeness (QED) is 0.647. The predicted molar refractivity (Wildman–Crippen MR) is 88.4 cm³/mol. The lowest BCUT2D eigenvalue weighted by molar-refractivity contribution is 0.0933. The van der Waals surface area contributed by atoms with Gasteiger partial charge in [-0.1, -0.05) is 55.5 Å². The van der Waals surface area contributed by atoms with E-state index in [2.05, 4.69) is 5.32 Å². The Balaban J connectivity index is 2.28. The van der Waals surface area contributed by atoms with Gasteiger partial charge in [0, 0.05) is 12.1 Å². The molecular formula is C18H18ClNO2. The summed E-state index contributed by atoms with van der Waals surface area (Å²) >= 11 is 6.29. The topological polar surface area (TPSA) is 46.2 Å². The SMILES string of the molecule is CCCNC(=O)c1ccccc1C(=O)C(Cl)c1ccccc1. The Morgan fingerprint density at radius 2 is 1.59 bits per heavy atom. The smallest absolute Gasteiger partial charge is 0.252 e. The van der Waals surface area contributed by atoms with Gasteiger partial charge in [-0.25, -0.2) is 0 Å². The molecule has 3 nitrogen and oxygen atoms in total. The number of benzene rings is 2. The first-order valence-electron chi connectivity index (χ1n) is 7.25. The first-order chi connectivity index (χ1) is 10.6. The average Bonchev–Trinajstić information content (AvgIpc) is 2.59. The third kappa shape index (κ3) is 3.74. The van der Waals surface area contributed by atoms with E-state index < -0.39 is 5.38 Å². The van der Waals surface area contributed by atoms with Crippen molar-refractivity contribution in [1.29, 1.82) is 0 Å². The van der Waals surface area contributed by atoms with Crippen molar-refractivity contribution in [2.45, 2.75) is 18.7 Å². The molecular weight excluding hydrogens is 298 g/mol. The van der Waals surface area contributed by atoms with Crippen molar-refractivity contribution in [1.82, 2.24) is 5.32 Å². The zero-order valence-corrected chi connectivity index (χ0v) is 13.1. The Bertz CT molecular complexity index is 655. The van der Waals surface area contributed by atoms with Gasteiger partial charge < -0.3 is 5.32 Å². The summed E-state index contributed by atoms with van der Waals surface area (Å²) in [4.78, 5) is 24.8. The zero-order valence-electron chi connectivity index (χ0n) is 12.4. The second-order valence-corrected chi connectivity index (χ2v) is 5.38. The Morgan fingerprint density at radius 3 is 2.23 bits per heavy atom. The minimum atomic E-state index is -0.804. The summed E-state index contributed by atoms with van der Waals surface area (Å²) in [6.45, 7) is 2.55. The van der Waals surface area contributed by atoms with Gasteiger partial charge in [-0.2, -0.15) is 0 Å². The normalized spacial score (nSPS) is 11.7. The molecule has 0 saturated heterocycles. The van der Waals surface area contributed by atoms with Crippen LogP contribution < -0.4 is 5.32 Å². The minimum absolute atomic E-state index is 0.247.